The van der Waals surface area contributed by atoms with Gasteiger partial charge in [0.1, 0.15) is 13.2 Å². The molecule has 1 amide bonds. The van der Waals surface area contributed by atoms with Gasteiger partial charge in [-0.3, -0.25) is 13.8 Å². The lowest BCUT2D eigenvalue weighted by atomic mass is 10.0. The normalized spacial score (nSPS) is 14.2. The van der Waals surface area contributed by atoms with E-state index < -0.39 is 20.0 Å². The third-order valence-corrected chi connectivity index (χ3v) is 13.2. The molecule has 0 aromatic carbocycles. The van der Waals surface area contributed by atoms with Crippen molar-refractivity contribution < 1.29 is 32.9 Å². The molecular formula is C53H106N2O6P+. The second-order valence-corrected chi connectivity index (χ2v) is 21.1. The first-order valence-electron chi connectivity index (χ1n) is 26.7. The van der Waals surface area contributed by atoms with Crippen LogP contribution in [0.15, 0.2) is 24.3 Å². The molecule has 0 saturated carbocycles. The molecular weight excluding hydrogens is 792 g/mol. The number of hydrogen-bond donors (Lipinski definition) is 3. The van der Waals surface area contributed by atoms with Gasteiger partial charge in [-0.05, 0) is 32.1 Å². The van der Waals surface area contributed by atoms with Gasteiger partial charge in [-0.15, -0.1) is 0 Å². The molecule has 9 heteroatoms. The molecule has 0 aromatic heterocycles. The predicted molar refractivity (Wildman–Crippen MR) is 268 cm³/mol. The van der Waals surface area contributed by atoms with Crippen LogP contribution in [0.3, 0.4) is 0 Å². The van der Waals surface area contributed by atoms with Crippen molar-refractivity contribution in [3.05, 3.63) is 24.3 Å². The maximum atomic E-state index is 12.9. The van der Waals surface area contributed by atoms with Crippen LogP contribution in [0.1, 0.15) is 258 Å². The highest BCUT2D eigenvalue weighted by Crippen LogP contribution is 2.43. The maximum absolute atomic E-state index is 12.9. The lowest BCUT2D eigenvalue weighted by Gasteiger charge is -2.25. The van der Waals surface area contributed by atoms with E-state index in [1.165, 1.54) is 199 Å². The summed E-state index contributed by atoms with van der Waals surface area (Å²) in [6, 6.07) is -0.859. The molecule has 62 heavy (non-hydrogen) atoms. The van der Waals surface area contributed by atoms with E-state index in [4.69, 9.17) is 9.05 Å². The van der Waals surface area contributed by atoms with Crippen LogP contribution < -0.4 is 5.32 Å². The summed E-state index contributed by atoms with van der Waals surface area (Å²) in [5.41, 5.74) is 0. The lowest BCUT2D eigenvalue weighted by Crippen LogP contribution is -2.45. The number of allylic oxidation sites excluding steroid dienone is 3. The van der Waals surface area contributed by atoms with E-state index in [0.717, 1.165) is 38.5 Å². The molecule has 0 radical (unpaired) electrons. The van der Waals surface area contributed by atoms with Crippen molar-refractivity contribution in [1.29, 1.82) is 0 Å². The fraction of sp³-hybridized carbons (Fsp3) is 0.906. The Hall–Kier alpha value is -1.02. The van der Waals surface area contributed by atoms with E-state index in [1.54, 1.807) is 6.08 Å². The van der Waals surface area contributed by atoms with Gasteiger partial charge in [0.05, 0.1) is 39.9 Å². The van der Waals surface area contributed by atoms with Crippen molar-refractivity contribution >= 4 is 13.7 Å². The van der Waals surface area contributed by atoms with Gasteiger partial charge in [-0.2, -0.15) is 0 Å². The van der Waals surface area contributed by atoms with Crippen molar-refractivity contribution in [1.82, 2.24) is 5.32 Å². The molecule has 0 bridgehead atoms. The highest BCUT2D eigenvalue weighted by Gasteiger charge is 2.27. The summed E-state index contributed by atoms with van der Waals surface area (Å²) in [5.74, 6) is -0.183. The van der Waals surface area contributed by atoms with Crippen molar-refractivity contribution in [3.8, 4) is 0 Å². The van der Waals surface area contributed by atoms with Crippen LogP contribution in [0.4, 0.5) is 0 Å². The van der Waals surface area contributed by atoms with Crippen molar-refractivity contribution in [2.75, 3.05) is 40.9 Å². The second-order valence-electron chi connectivity index (χ2n) is 19.6. The minimum atomic E-state index is -4.35. The smallest absolute Gasteiger partial charge is 0.387 e. The number of aliphatic hydroxyl groups is 1. The molecule has 0 aliphatic heterocycles. The molecule has 3 atom stereocenters. The average molecular weight is 898 g/mol. The zero-order valence-corrected chi connectivity index (χ0v) is 42.8. The fourth-order valence-corrected chi connectivity index (χ4v) is 8.68. The number of amides is 1. The summed E-state index contributed by atoms with van der Waals surface area (Å²) in [6.45, 7) is 4.83. The molecule has 368 valence electrons. The summed E-state index contributed by atoms with van der Waals surface area (Å²) >= 11 is 0. The highest BCUT2D eigenvalue weighted by molar-refractivity contribution is 7.47. The molecule has 0 spiro atoms. The monoisotopic (exact) mass is 898 g/mol. The van der Waals surface area contributed by atoms with Gasteiger partial charge in [-0.1, -0.05) is 244 Å². The fourth-order valence-electron chi connectivity index (χ4n) is 7.94. The van der Waals surface area contributed by atoms with E-state index in [2.05, 4.69) is 31.3 Å². The van der Waals surface area contributed by atoms with E-state index in [9.17, 15) is 19.4 Å². The molecule has 0 aliphatic carbocycles. The Labute approximate surface area is 385 Å². The van der Waals surface area contributed by atoms with Gasteiger partial charge >= 0.3 is 7.82 Å². The van der Waals surface area contributed by atoms with Gasteiger partial charge in [-0.25, -0.2) is 4.57 Å². The Morgan fingerprint density at radius 1 is 0.532 bits per heavy atom. The lowest BCUT2D eigenvalue weighted by molar-refractivity contribution is -0.870. The standard InChI is InChI=1S/C53H105N2O6P/c1-6-8-10-12-14-16-18-20-22-23-24-25-26-27-28-29-30-31-33-34-36-38-40-42-44-46-52(56)51(50-61-62(58,59)60-49-48-55(3,4)5)54-53(57)47-45-43-41-39-37-35-32-21-19-17-15-13-11-9-7-2/h36,38,44,46,51-52,56H,6-35,37,39-43,45,47-50H2,1-5H3,(H-,54,57,58,59)/p+1/b38-36+,46-44+. The molecule has 3 N–H and O–H groups in total. The molecule has 0 rings (SSSR count). The summed E-state index contributed by atoms with van der Waals surface area (Å²) in [5, 5.41) is 13.9. The number of carbonyl (C=O) groups is 1. The Bertz CT molecular complexity index is 1060. The largest absolute Gasteiger partial charge is 0.472 e. The zero-order chi connectivity index (χ0) is 45.7. The van der Waals surface area contributed by atoms with Crippen molar-refractivity contribution in [3.63, 3.8) is 0 Å². The van der Waals surface area contributed by atoms with E-state index in [-0.39, 0.29) is 19.1 Å². The molecule has 0 saturated heterocycles. The van der Waals surface area contributed by atoms with E-state index in [0.29, 0.717) is 17.4 Å². The van der Waals surface area contributed by atoms with Crippen LogP contribution >= 0.6 is 7.82 Å². The summed E-state index contributed by atoms with van der Waals surface area (Å²) < 4.78 is 23.6. The van der Waals surface area contributed by atoms with Gasteiger partial charge in [0.2, 0.25) is 5.91 Å². The molecule has 0 heterocycles. The summed E-state index contributed by atoms with van der Waals surface area (Å²) in [4.78, 5) is 23.2. The number of likely N-dealkylation sites (N-methyl/N-ethyl adjacent to an activating group) is 1. The number of hydrogen-bond acceptors (Lipinski definition) is 5. The third kappa shape index (κ3) is 47.0. The molecule has 0 aliphatic rings. The summed E-state index contributed by atoms with van der Waals surface area (Å²) in [6.07, 6.45) is 55.6. The number of aliphatic hydroxyl groups excluding tert-OH is 1. The van der Waals surface area contributed by atoms with E-state index >= 15 is 0 Å². The van der Waals surface area contributed by atoms with Gasteiger partial charge in [0.25, 0.3) is 0 Å². The SMILES string of the molecule is CCCCCCCCCCCCCCCCCCCCC/C=C/CC/C=C/C(O)C(COP(=O)(O)OCC[N+](C)(C)C)NC(=O)CCCCCCCCCCCCCCCCC. The topological polar surface area (TPSA) is 105 Å². The quantitative estimate of drug-likeness (QED) is 0.0243. The van der Waals surface area contributed by atoms with Crippen LogP contribution in [-0.2, 0) is 18.4 Å². The molecule has 0 aromatic rings. The number of rotatable bonds is 49. The minimum Gasteiger partial charge on any atom is -0.387 e. The predicted octanol–water partition coefficient (Wildman–Crippen LogP) is 15.6. The van der Waals surface area contributed by atoms with Crippen LogP contribution in [0, 0.1) is 0 Å². The second kappa shape index (κ2) is 45.1. The maximum Gasteiger partial charge on any atom is 0.472 e. The first-order valence-corrected chi connectivity index (χ1v) is 28.2. The number of unbranched alkanes of at least 4 members (excludes halogenated alkanes) is 34. The Morgan fingerprint density at radius 3 is 1.29 bits per heavy atom. The number of quaternary nitrogens is 1. The first kappa shape index (κ1) is 61.0. The van der Waals surface area contributed by atoms with Gasteiger partial charge < -0.3 is 19.8 Å². The average Bonchev–Trinajstić information content (AvgIpc) is 3.23. The molecule has 8 nitrogen and oxygen atoms in total. The van der Waals surface area contributed by atoms with Crippen molar-refractivity contribution in [2.24, 2.45) is 0 Å². The van der Waals surface area contributed by atoms with Crippen LogP contribution in [0.5, 0.6) is 0 Å². The van der Waals surface area contributed by atoms with Gasteiger partial charge in [0, 0.05) is 6.42 Å². The van der Waals surface area contributed by atoms with Crippen LogP contribution in [0.2, 0.25) is 0 Å². The molecule has 0 fully saturated rings. The zero-order valence-electron chi connectivity index (χ0n) is 41.9. The van der Waals surface area contributed by atoms with E-state index in [1.807, 2.05) is 27.2 Å². The number of carbonyl (C=O) groups excluding carboxylic acids is 1. The Kier molecular flexibility index (Phi) is 44.4. The van der Waals surface area contributed by atoms with Gasteiger partial charge in [0.15, 0.2) is 0 Å². The summed E-state index contributed by atoms with van der Waals surface area (Å²) in [7, 11) is 1.57. The van der Waals surface area contributed by atoms with Crippen LogP contribution in [-0.4, -0.2) is 73.4 Å². The third-order valence-electron chi connectivity index (χ3n) is 12.2. The number of phosphoric ester groups is 1. The van der Waals surface area contributed by atoms with Crippen LogP contribution in [0.25, 0.3) is 0 Å². The number of nitrogens with zero attached hydrogens (tertiary/aromatic N) is 1. The van der Waals surface area contributed by atoms with Crippen molar-refractivity contribution in [2.45, 2.75) is 270 Å². The Morgan fingerprint density at radius 2 is 0.887 bits per heavy atom. The minimum absolute atomic E-state index is 0.0586. The Balaban J connectivity index is 4.26. The highest BCUT2D eigenvalue weighted by atomic mass is 31.2. The first-order chi connectivity index (χ1) is 30.0. The number of nitrogens with one attached hydrogen (secondary N) is 1. The molecule has 3 unspecified atom stereocenters. The number of phosphoric acid groups is 1.